The molecule has 0 amide bonds. The largest absolute Gasteiger partial charge is 0.404 e. The lowest BCUT2D eigenvalue weighted by molar-refractivity contribution is 0.225. The highest BCUT2D eigenvalue weighted by molar-refractivity contribution is 6.10. The number of aliphatic imine (C=N–C) groups is 2. The van der Waals surface area contributed by atoms with Crippen molar-refractivity contribution >= 4 is 23.3 Å². The number of alkyl halides is 2. The summed E-state index contributed by atoms with van der Waals surface area (Å²) in [6, 6.07) is 1.77. The van der Waals surface area contributed by atoms with E-state index in [9.17, 15) is 8.78 Å². The normalized spacial score (nSPS) is 14.5. The van der Waals surface area contributed by atoms with Gasteiger partial charge in [-0.1, -0.05) is 12.5 Å². The number of nitrogens with two attached hydrogens (primary N) is 3. The molecule has 0 fully saturated rings. The summed E-state index contributed by atoms with van der Waals surface area (Å²) in [5, 5.41) is 2.97. The van der Waals surface area contributed by atoms with Crippen LogP contribution in [0.15, 0.2) is 51.6 Å². The molecule has 0 atom stereocenters. The summed E-state index contributed by atoms with van der Waals surface area (Å²) in [6.07, 6.45) is 4.31. The Balaban J connectivity index is 3.26. The highest BCUT2D eigenvalue weighted by Gasteiger charge is 2.10. The van der Waals surface area contributed by atoms with Crippen LogP contribution in [0.2, 0.25) is 0 Å². The van der Waals surface area contributed by atoms with Gasteiger partial charge in [0.25, 0.3) is 6.43 Å². The molecule has 0 bridgehead atoms. The Morgan fingerprint density at radius 2 is 2.03 bits per heavy atom. The van der Waals surface area contributed by atoms with Gasteiger partial charge in [0, 0.05) is 48.1 Å². The molecule has 1 aromatic rings. The van der Waals surface area contributed by atoms with Crippen LogP contribution in [-0.4, -0.2) is 36.4 Å². The third kappa shape index (κ3) is 7.75. The van der Waals surface area contributed by atoms with E-state index in [1.807, 2.05) is 20.8 Å². The first kappa shape index (κ1) is 25.0. The van der Waals surface area contributed by atoms with Crippen LogP contribution in [0.1, 0.15) is 38.3 Å². The van der Waals surface area contributed by atoms with Gasteiger partial charge in [-0.2, -0.15) is 0 Å². The lowest BCUT2D eigenvalue weighted by atomic mass is 10.0. The van der Waals surface area contributed by atoms with E-state index >= 15 is 0 Å². The van der Waals surface area contributed by atoms with Gasteiger partial charge in [-0.15, -0.1) is 0 Å². The van der Waals surface area contributed by atoms with Crippen LogP contribution in [0, 0.1) is 6.92 Å². The minimum absolute atomic E-state index is 0.178. The first-order valence-electron chi connectivity index (χ1n) is 9.59. The Hall–Kier alpha value is -3.07. The molecular weight excluding hydrogens is 388 g/mol. The maximum atomic E-state index is 13.0. The van der Waals surface area contributed by atoms with Gasteiger partial charge >= 0.3 is 0 Å². The zero-order valence-electron chi connectivity index (χ0n) is 17.9. The van der Waals surface area contributed by atoms with Crippen LogP contribution in [-0.2, 0) is 0 Å². The van der Waals surface area contributed by atoms with E-state index in [1.165, 1.54) is 19.2 Å². The first-order valence-corrected chi connectivity index (χ1v) is 9.59. The van der Waals surface area contributed by atoms with Gasteiger partial charge in [0.1, 0.15) is 11.6 Å². The van der Waals surface area contributed by atoms with Crippen molar-refractivity contribution in [1.29, 1.82) is 0 Å². The molecule has 0 aromatic carbocycles. The highest BCUT2D eigenvalue weighted by atomic mass is 19.3. The van der Waals surface area contributed by atoms with Crippen LogP contribution >= 0.6 is 0 Å². The fraction of sp³-hybridized carbons (Fsp3) is 0.381. The fourth-order valence-electron chi connectivity index (χ4n) is 2.31. The van der Waals surface area contributed by atoms with Crippen molar-refractivity contribution in [2.24, 2.45) is 27.2 Å². The van der Waals surface area contributed by atoms with Crippen molar-refractivity contribution < 1.29 is 8.78 Å². The predicted molar refractivity (Wildman–Crippen MR) is 122 cm³/mol. The Morgan fingerprint density at radius 3 is 2.57 bits per heavy atom. The van der Waals surface area contributed by atoms with Crippen molar-refractivity contribution in [2.45, 2.75) is 40.5 Å². The summed E-state index contributed by atoms with van der Waals surface area (Å²) in [5.41, 5.74) is 20.6. The number of pyridine rings is 1. The smallest absolute Gasteiger partial charge is 0.276 e. The number of rotatable bonds is 10. The average Bonchev–Trinajstić information content (AvgIpc) is 2.71. The third-order valence-electron chi connectivity index (χ3n) is 4.27. The van der Waals surface area contributed by atoms with Gasteiger partial charge in [0.05, 0.1) is 12.3 Å². The fourth-order valence-corrected chi connectivity index (χ4v) is 2.31. The number of anilines is 1. The van der Waals surface area contributed by atoms with E-state index < -0.39 is 6.43 Å². The molecule has 0 aliphatic rings. The quantitative estimate of drug-likeness (QED) is 0.342. The molecular formula is C21H31F2N7. The number of aromatic nitrogens is 1. The van der Waals surface area contributed by atoms with Gasteiger partial charge in [-0.3, -0.25) is 4.99 Å². The molecule has 30 heavy (non-hydrogen) atoms. The zero-order chi connectivity index (χ0) is 22.7. The number of halogens is 2. The first-order chi connectivity index (χ1) is 14.2. The minimum atomic E-state index is -2.67. The minimum Gasteiger partial charge on any atom is -0.404 e. The molecule has 0 saturated carbocycles. The van der Waals surface area contributed by atoms with Crippen LogP contribution < -0.4 is 22.5 Å². The third-order valence-corrected chi connectivity index (χ3v) is 4.27. The van der Waals surface area contributed by atoms with E-state index in [-0.39, 0.29) is 11.5 Å². The Labute approximate surface area is 176 Å². The van der Waals surface area contributed by atoms with Gasteiger partial charge < -0.3 is 22.5 Å². The number of allylic oxidation sites excluding steroid dienone is 3. The maximum absolute atomic E-state index is 13.0. The standard InChI is InChI=1S/C21H31F2N7/c1-5-13(2)18(26)9-20(29-15(4)21(22)23)30-19-8-14(3)17(12-28-19)16(10-25)11-27-7-6-24/h8-12,21H,5-7,24-26H2,1-4H3,(H,28,30)/b16-10+,18-13-,20-9+,27-11?,29-15+. The summed E-state index contributed by atoms with van der Waals surface area (Å²) >= 11 is 0. The molecule has 0 unspecified atom stereocenters. The van der Waals surface area contributed by atoms with E-state index in [0.717, 1.165) is 23.1 Å². The summed E-state index contributed by atoms with van der Waals surface area (Å²) in [6.45, 7) is 7.90. The zero-order valence-corrected chi connectivity index (χ0v) is 17.9. The molecule has 9 heteroatoms. The maximum Gasteiger partial charge on any atom is 0.276 e. The van der Waals surface area contributed by atoms with Gasteiger partial charge in [0.2, 0.25) is 0 Å². The number of hydrogen-bond donors (Lipinski definition) is 4. The molecule has 7 N–H and O–H groups in total. The molecule has 164 valence electrons. The lowest BCUT2D eigenvalue weighted by Gasteiger charge is -2.12. The van der Waals surface area contributed by atoms with Crippen molar-refractivity contribution in [3.05, 3.63) is 52.8 Å². The van der Waals surface area contributed by atoms with Crippen LogP contribution in [0.3, 0.4) is 0 Å². The highest BCUT2D eigenvalue weighted by Crippen LogP contribution is 2.20. The number of hydrogen-bond acceptors (Lipinski definition) is 7. The van der Waals surface area contributed by atoms with Crippen molar-refractivity contribution in [3.8, 4) is 0 Å². The van der Waals surface area contributed by atoms with E-state index in [1.54, 1.807) is 18.5 Å². The molecule has 0 radical (unpaired) electrons. The Bertz CT molecular complexity index is 868. The van der Waals surface area contributed by atoms with E-state index in [2.05, 4.69) is 20.3 Å². The van der Waals surface area contributed by atoms with Crippen molar-refractivity contribution in [3.63, 3.8) is 0 Å². The molecule has 0 spiro atoms. The SMILES string of the molecule is CC/C(C)=C(N)/C=C(\N=C(/C)C(F)F)Nc1cc(C)c(/C(C=NCCN)=C/N)cn1. The molecule has 1 aromatic heterocycles. The van der Waals surface area contributed by atoms with Crippen LogP contribution in [0.5, 0.6) is 0 Å². The number of nitrogens with one attached hydrogen (secondary N) is 1. The number of nitrogens with zero attached hydrogens (tertiary/aromatic N) is 3. The van der Waals surface area contributed by atoms with Crippen LogP contribution in [0.25, 0.3) is 5.57 Å². The molecule has 1 heterocycles. The molecule has 1 rings (SSSR count). The second-order valence-corrected chi connectivity index (χ2v) is 6.63. The summed E-state index contributed by atoms with van der Waals surface area (Å²) < 4.78 is 26.0. The lowest BCUT2D eigenvalue weighted by Crippen LogP contribution is -2.10. The van der Waals surface area contributed by atoms with Crippen LogP contribution in [0.4, 0.5) is 14.6 Å². The van der Waals surface area contributed by atoms with Gasteiger partial charge in [-0.25, -0.2) is 18.8 Å². The van der Waals surface area contributed by atoms with E-state index in [0.29, 0.717) is 30.2 Å². The Kier molecular flexibility index (Phi) is 10.4. The predicted octanol–water partition coefficient (Wildman–Crippen LogP) is 3.34. The average molecular weight is 420 g/mol. The van der Waals surface area contributed by atoms with Crippen molar-refractivity contribution in [1.82, 2.24) is 4.98 Å². The topological polar surface area (TPSA) is 128 Å². The molecule has 7 nitrogen and oxygen atoms in total. The molecule has 0 saturated heterocycles. The Morgan fingerprint density at radius 1 is 1.33 bits per heavy atom. The second-order valence-electron chi connectivity index (χ2n) is 6.63. The number of aryl methyl sites for hydroxylation is 1. The second kappa shape index (κ2) is 12.5. The van der Waals surface area contributed by atoms with Gasteiger partial charge in [0.15, 0.2) is 0 Å². The summed E-state index contributed by atoms with van der Waals surface area (Å²) in [4.78, 5) is 12.5. The monoisotopic (exact) mass is 419 g/mol. The summed E-state index contributed by atoms with van der Waals surface area (Å²) in [7, 11) is 0. The van der Waals surface area contributed by atoms with Gasteiger partial charge in [-0.05, 0) is 38.8 Å². The summed E-state index contributed by atoms with van der Waals surface area (Å²) in [5.74, 6) is 0.613. The van der Waals surface area contributed by atoms with E-state index in [4.69, 9.17) is 17.2 Å². The molecule has 0 aliphatic carbocycles. The molecule has 0 aliphatic heterocycles. The van der Waals surface area contributed by atoms with Crippen molar-refractivity contribution in [2.75, 3.05) is 18.4 Å².